The molecule has 0 fully saturated rings. The van der Waals surface area contributed by atoms with Crippen LogP contribution in [0.3, 0.4) is 0 Å². The Labute approximate surface area is 107 Å². The molecule has 0 saturated carbocycles. The molecule has 16 heavy (non-hydrogen) atoms. The minimum Gasteiger partial charge on any atom is -0.348 e. The first kappa shape index (κ1) is 11.6. The zero-order valence-corrected chi connectivity index (χ0v) is 11.2. The van der Waals surface area contributed by atoms with Gasteiger partial charge in [0.2, 0.25) is 0 Å². The number of amides is 1. The highest BCUT2D eigenvalue weighted by Gasteiger charge is 2.16. The van der Waals surface area contributed by atoms with Crippen molar-refractivity contribution in [1.29, 1.82) is 0 Å². The van der Waals surface area contributed by atoms with Crippen LogP contribution in [-0.2, 0) is 19.5 Å². The SMILES string of the molecule is Cc1c(CNC(=O)I)c(=O)cc2n1CCC2. The summed E-state index contributed by atoms with van der Waals surface area (Å²) in [5.74, 6) is 0. The Morgan fingerprint density at radius 3 is 3.06 bits per heavy atom. The van der Waals surface area contributed by atoms with Gasteiger partial charge in [0.25, 0.3) is 3.91 Å². The molecule has 1 aromatic heterocycles. The number of carbonyl (C=O) groups excluding carboxylic acids is 1. The molecule has 2 heterocycles. The maximum atomic E-state index is 11.8. The van der Waals surface area contributed by atoms with Crippen LogP contribution in [0.25, 0.3) is 0 Å². The number of carbonyl (C=O) groups is 1. The molecular formula is C11H13IN2O2. The Morgan fingerprint density at radius 2 is 2.38 bits per heavy atom. The molecule has 0 bridgehead atoms. The van der Waals surface area contributed by atoms with E-state index in [2.05, 4.69) is 9.88 Å². The van der Waals surface area contributed by atoms with Crippen LogP contribution in [0.2, 0.25) is 0 Å². The van der Waals surface area contributed by atoms with Gasteiger partial charge < -0.3 is 9.88 Å². The molecule has 86 valence electrons. The Morgan fingerprint density at radius 1 is 1.62 bits per heavy atom. The number of fused-ring (bicyclic) bond motifs is 1. The van der Waals surface area contributed by atoms with Crippen molar-refractivity contribution in [3.8, 4) is 0 Å². The van der Waals surface area contributed by atoms with Crippen LogP contribution in [0.5, 0.6) is 0 Å². The molecule has 4 nitrogen and oxygen atoms in total. The van der Waals surface area contributed by atoms with Gasteiger partial charge in [0, 0.05) is 58.7 Å². The lowest BCUT2D eigenvalue weighted by atomic mass is 10.1. The molecule has 5 heteroatoms. The van der Waals surface area contributed by atoms with Gasteiger partial charge in [-0.25, -0.2) is 0 Å². The number of halogens is 1. The summed E-state index contributed by atoms with van der Waals surface area (Å²) in [6.45, 7) is 3.25. The second-order valence-electron chi connectivity index (χ2n) is 3.95. The topological polar surface area (TPSA) is 51.1 Å². The van der Waals surface area contributed by atoms with Crippen LogP contribution in [0.15, 0.2) is 10.9 Å². The number of hydrogen-bond donors (Lipinski definition) is 1. The van der Waals surface area contributed by atoms with E-state index in [9.17, 15) is 9.59 Å². The third-order valence-corrected chi connectivity index (χ3v) is 3.38. The number of pyridine rings is 1. The summed E-state index contributed by atoms with van der Waals surface area (Å²) in [7, 11) is 0. The lowest BCUT2D eigenvalue weighted by Crippen LogP contribution is -2.24. The van der Waals surface area contributed by atoms with E-state index in [-0.39, 0.29) is 9.34 Å². The van der Waals surface area contributed by atoms with Crippen molar-refractivity contribution < 1.29 is 4.79 Å². The minimum absolute atomic E-state index is 0.0378. The zero-order chi connectivity index (χ0) is 11.7. The third-order valence-electron chi connectivity index (χ3n) is 3.00. The van der Waals surface area contributed by atoms with E-state index < -0.39 is 0 Å². The largest absolute Gasteiger partial charge is 0.348 e. The van der Waals surface area contributed by atoms with Gasteiger partial charge in [-0.2, -0.15) is 0 Å². The lowest BCUT2D eigenvalue weighted by Gasteiger charge is -2.13. The Balaban J connectivity index is 2.38. The van der Waals surface area contributed by atoms with Crippen LogP contribution in [0, 0.1) is 6.92 Å². The van der Waals surface area contributed by atoms with E-state index in [1.54, 1.807) is 28.7 Å². The molecule has 1 N–H and O–H groups in total. The predicted octanol–water partition coefficient (Wildman–Crippen LogP) is 1.75. The van der Waals surface area contributed by atoms with E-state index >= 15 is 0 Å². The number of hydrogen-bond acceptors (Lipinski definition) is 2. The Kier molecular flexibility index (Phi) is 3.32. The Bertz CT molecular complexity index is 493. The second kappa shape index (κ2) is 4.57. The molecule has 0 atom stereocenters. The van der Waals surface area contributed by atoms with Crippen molar-refractivity contribution in [3.05, 3.63) is 33.2 Å². The molecular weight excluding hydrogens is 319 g/mol. The molecule has 0 unspecified atom stereocenters. The predicted molar refractivity (Wildman–Crippen MR) is 70.0 cm³/mol. The van der Waals surface area contributed by atoms with Crippen LogP contribution < -0.4 is 10.7 Å². The van der Waals surface area contributed by atoms with E-state index in [0.29, 0.717) is 12.1 Å². The van der Waals surface area contributed by atoms with Gasteiger partial charge in [-0.3, -0.25) is 9.59 Å². The van der Waals surface area contributed by atoms with Crippen LogP contribution in [-0.4, -0.2) is 8.48 Å². The number of nitrogens with zero attached hydrogens (tertiary/aromatic N) is 1. The highest BCUT2D eigenvalue weighted by atomic mass is 127. The fourth-order valence-electron chi connectivity index (χ4n) is 2.18. The minimum atomic E-state index is -0.137. The van der Waals surface area contributed by atoms with Crippen LogP contribution >= 0.6 is 22.6 Å². The molecule has 1 aromatic rings. The van der Waals surface area contributed by atoms with Gasteiger partial charge in [-0.1, -0.05) is 0 Å². The van der Waals surface area contributed by atoms with Crippen molar-refractivity contribution in [1.82, 2.24) is 9.88 Å². The first-order valence-corrected chi connectivity index (χ1v) is 6.33. The molecule has 0 aliphatic carbocycles. The summed E-state index contributed by atoms with van der Waals surface area (Å²) in [5, 5.41) is 2.67. The first-order chi connectivity index (χ1) is 7.59. The third kappa shape index (κ3) is 2.14. The van der Waals surface area contributed by atoms with Gasteiger partial charge in [-0.15, -0.1) is 0 Å². The molecule has 1 amide bonds. The van der Waals surface area contributed by atoms with Crippen molar-refractivity contribution in [2.45, 2.75) is 32.9 Å². The van der Waals surface area contributed by atoms with E-state index in [0.717, 1.165) is 30.8 Å². The fourth-order valence-corrected chi connectivity index (χ4v) is 2.37. The summed E-state index contributed by atoms with van der Waals surface area (Å²) in [6, 6.07) is 1.70. The van der Waals surface area contributed by atoms with Crippen LogP contribution in [0.4, 0.5) is 4.79 Å². The highest BCUT2D eigenvalue weighted by Crippen LogP contribution is 2.17. The van der Waals surface area contributed by atoms with Gasteiger partial charge in [0.15, 0.2) is 5.43 Å². The summed E-state index contributed by atoms with van der Waals surface area (Å²) in [4.78, 5) is 22.7. The molecule has 1 aliphatic heterocycles. The summed E-state index contributed by atoms with van der Waals surface area (Å²) in [5.41, 5.74) is 2.85. The first-order valence-electron chi connectivity index (χ1n) is 5.25. The molecule has 0 aromatic carbocycles. The monoisotopic (exact) mass is 332 g/mol. The number of rotatable bonds is 2. The quantitative estimate of drug-likeness (QED) is 0.510. The van der Waals surface area contributed by atoms with Gasteiger partial charge in [-0.05, 0) is 19.8 Å². The average molecular weight is 332 g/mol. The number of aryl methyl sites for hydroxylation is 1. The zero-order valence-electron chi connectivity index (χ0n) is 9.05. The Hall–Kier alpha value is -0.850. The maximum absolute atomic E-state index is 11.8. The standard InChI is InChI=1S/C11H13IN2O2/c1-7-9(6-13-11(12)16)10(15)5-8-3-2-4-14(7)8/h5H,2-4,6H2,1H3,(H,13,16). The lowest BCUT2D eigenvalue weighted by molar-refractivity contribution is 0.262. The highest BCUT2D eigenvalue weighted by molar-refractivity contribution is 14.1. The van der Waals surface area contributed by atoms with E-state index in [1.807, 2.05) is 6.92 Å². The summed E-state index contributed by atoms with van der Waals surface area (Å²) >= 11 is 1.67. The maximum Gasteiger partial charge on any atom is 0.280 e. The fraction of sp³-hybridized carbons (Fsp3) is 0.455. The van der Waals surface area contributed by atoms with Gasteiger partial charge >= 0.3 is 0 Å². The van der Waals surface area contributed by atoms with E-state index in [4.69, 9.17) is 0 Å². The summed E-state index contributed by atoms with van der Waals surface area (Å²) in [6.07, 6.45) is 2.08. The van der Waals surface area contributed by atoms with Crippen molar-refractivity contribution in [2.24, 2.45) is 0 Å². The van der Waals surface area contributed by atoms with Crippen LogP contribution in [0.1, 0.15) is 23.4 Å². The number of aromatic nitrogens is 1. The van der Waals surface area contributed by atoms with Gasteiger partial charge in [0.05, 0.1) is 0 Å². The van der Waals surface area contributed by atoms with Gasteiger partial charge in [0.1, 0.15) is 0 Å². The second-order valence-corrected chi connectivity index (χ2v) is 4.93. The molecule has 0 saturated heterocycles. The summed E-state index contributed by atoms with van der Waals surface area (Å²) < 4.78 is 2.04. The molecule has 0 spiro atoms. The normalized spacial score (nSPS) is 13.6. The number of nitrogens with one attached hydrogen (secondary N) is 1. The van der Waals surface area contributed by atoms with Crippen molar-refractivity contribution in [2.75, 3.05) is 0 Å². The average Bonchev–Trinajstić information content (AvgIpc) is 2.64. The van der Waals surface area contributed by atoms with Crippen molar-refractivity contribution >= 4 is 26.5 Å². The molecule has 2 rings (SSSR count). The van der Waals surface area contributed by atoms with Crippen molar-refractivity contribution in [3.63, 3.8) is 0 Å². The van der Waals surface area contributed by atoms with E-state index in [1.165, 1.54) is 0 Å². The smallest absolute Gasteiger partial charge is 0.280 e. The molecule has 1 aliphatic rings. The molecule has 0 radical (unpaired) electrons.